The molecule has 1 fully saturated rings. The maximum Gasteiger partial charge on any atom is 0.188 e. The molecule has 4 nitrogen and oxygen atoms in total. The van der Waals surface area contributed by atoms with Gasteiger partial charge in [-0.1, -0.05) is 6.42 Å². The van der Waals surface area contributed by atoms with Crippen molar-refractivity contribution in [2.24, 2.45) is 16.6 Å². The van der Waals surface area contributed by atoms with Crippen molar-refractivity contribution in [3.63, 3.8) is 0 Å². The molecule has 1 aliphatic rings. The Hall–Kier alpha value is -1.78. The summed E-state index contributed by atoms with van der Waals surface area (Å²) in [6.07, 6.45) is 5.79. The molecule has 1 saturated carbocycles. The SMILES string of the molecule is NC(=NCC1CCC1)NCCCCOc1ccc(F)cc1. The second-order valence-corrected chi connectivity index (χ2v) is 5.46. The van der Waals surface area contributed by atoms with E-state index in [0.29, 0.717) is 18.3 Å². The van der Waals surface area contributed by atoms with Gasteiger partial charge in [-0.3, -0.25) is 4.99 Å². The molecule has 0 aromatic heterocycles. The summed E-state index contributed by atoms with van der Waals surface area (Å²) in [5, 5.41) is 3.11. The predicted molar refractivity (Wildman–Crippen MR) is 83.0 cm³/mol. The number of nitrogens with two attached hydrogens (primary N) is 1. The van der Waals surface area contributed by atoms with E-state index in [-0.39, 0.29) is 5.82 Å². The fourth-order valence-corrected chi connectivity index (χ4v) is 2.12. The van der Waals surface area contributed by atoms with Crippen molar-refractivity contribution in [3.05, 3.63) is 30.1 Å². The Balaban J connectivity index is 1.48. The minimum atomic E-state index is -0.247. The molecule has 2 rings (SSSR count). The van der Waals surface area contributed by atoms with Crippen LogP contribution >= 0.6 is 0 Å². The van der Waals surface area contributed by atoms with E-state index in [1.54, 1.807) is 12.1 Å². The molecule has 0 amide bonds. The van der Waals surface area contributed by atoms with Gasteiger partial charge in [0.2, 0.25) is 0 Å². The fourth-order valence-electron chi connectivity index (χ4n) is 2.12. The first-order valence-electron chi connectivity index (χ1n) is 7.66. The monoisotopic (exact) mass is 293 g/mol. The Labute approximate surface area is 125 Å². The van der Waals surface area contributed by atoms with Gasteiger partial charge in [-0.25, -0.2) is 4.39 Å². The van der Waals surface area contributed by atoms with Crippen LogP contribution < -0.4 is 15.8 Å². The zero-order chi connectivity index (χ0) is 14.9. The van der Waals surface area contributed by atoms with Crippen molar-refractivity contribution >= 4 is 5.96 Å². The van der Waals surface area contributed by atoms with Crippen LogP contribution in [0.2, 0.25) is 0 Å². The molecule has 0 aliphatic heterocycles. The number of nitrogens with one attached hydrogen (secondary N) is 1. The summed E-state index contributed by atoms with van der Waals surface area (Å²) in [6, 6.07) is 6.07. The third-order valence-corrected chi connectivity index (χ3v) is 3.70. The van der Waals surface area contributed by atoms with Crippen molar-refractivity contribution in [2.45, 2.75) is 32.1 Å². The topological polar surface area (TPSA) is 59.6 Å². The van der Waals surface area contributed by atoms with Crippen LogP contribution in [0.4, 0.5) is 4.39 Å². The predicted octanol–water partition coefficient (Wildman–Crippen LogP) is 2.69. The molecular weight excluding hydrogens is 269 g/mol. The summed E-state index contributed by atoms with van der Waals surface area (Å²) in [5.41, 5.74) is 5.79. The molecule has 3 N–H and O–H groups in total. The number of guanidine groups is 1. The highest BCUT2D eigenvalue weighted by molar-refractivity contribution is 5.77. The van der Waals surface area contributed by atoms with Gasteiger partial charge in [-0.05, 0) is 55.9 Å². The smallest absolute Gasteiger partial charge is 0.188 e. The Morgan fingerprint density at radius 3 is 2.71 bits per heavy atom. The van der Waals surface area contributed by atoms with E-state index >= 15 is 0 Å². The van der Waals surface area contributed by atoms with Crippen LogP contribution in [0.1, 0.15) is 32.1 Å². The molecule has 1 aromatic rings. The van der Waals surface area contributed by atoms with E-state index in [9.17, 15) is 4.39 Å². The second kappa shape index (κ2) is 8.49. The summed E-state index contributed by atoms with van der Waals surface area (Å²) in [5.74, 6) is 1.74. The zero-order valence-corrected chi connectivity index (χ0v) is 12.4. The lowest BCUT2D eigenvalue weighted by atomic mass is 9.86. The fraction of sp³-hybridized carbons (Fsp3) is 0.562. The molecular formula is C16H24FN3O. The average Bonchev–Trinajstić information content (AvgIpc) is 2.43. The Morgan fingerprint density at radius 2 is 2.05 bits per heavy atom. The number of aliphatic imine (C=N–C) groups is 1. The highest BCUT2D eigenvalue weighted by Gasteiger charge is 2.16. The molecule has 116 valence electrons. The lowest BCUT2D eigenvalue weighted by Crippen LogP contribution is -2.33. The van der Waals surface area contributed by atoms with Gasteiger partial charge in [-0.2, -0.15) is 0 Å². The molecule has 0 saturated heterocycles. The van der Waals surface area contributed by atoms with Gasteiger partial charge in [0.1, 0.15) is 11.6 Å². The minimum absolute atomic E-state index is 0.247. The van der Waals surface area contributed by atoms with Crippen LogP contribution in [-0.4, -0.2) is 25.7 Å². The Kier molecular flexibility index (Phi) is 6.31. The number of nitrogens with zero attached hydrogens (tertiary/aromatic N) is 1. The average molecular weight is 293 g/mol. The molecule has 0 bridgehead atoms. The summed E-state index contributed by atoms with van der Waals surface area (Å²) in [7, 11) is 0. The first-order chi connectivity index (χ1) is 10.2. The molecule has 0 radical (unpaired) electrons. The van der Waals surface area contributed by atoms with Gasteiger partial charge in [-0.15, -0.1) is 0 Å². The molecule has 1 aromatic carbocycles. The molecule has 0 spiro atoms. The summed E-state index contributed by atoms with van der Waals surface area (Å²) in [4.78, 5) is 4.34. The highest BCUT2D eigenvalue weighted by Crippen LogP contribution is 2.26. The normalized spacial score (nSPS) is 15.6. The van der Waals surface area contributed by atoms with Gasteiger partial charge in [0.05, 0.1) is 6.61 Å². The third-order valence-electron chi connectivity index (χ3n) is 3.70. The minimum Gasteiger partial charge on any atom is -0.494 e. The third kappa shape index (κ3) is 6.02. The molecule has 5 heteroatoms. The molecule has 0 heterocycles. The van der Waals surface area contributed by atoms with Crippen molar-refractivity contribution in [2.75, 3.05) is 19.7 Å². The van der Waals surface area contributed by atoms with E-state index in [4.69, 9.17) is 10.5 Å². The summed E-state index contributed by atoms with van der Waals surface area (Å²) >= 11 is 0. The highest BCUT2D eigenvalue weighted by atomic mass is 19.1. The molecule has 21 heavy (non-hydrogen) atoms. The standard InChI is InChI=1S/C16H24FN3O/c17-14-6-8-15(9-7-14)21-11-2-1-10-19-16(18)20-12-13-4-3-5-13/h6-9,13H,1-5,10-12H2,(H3,18,19,20). The van der Waals surface area contributed by atoms with Crippen molar-refractivity contribution < 1.29 is 9.13 Å². The zero-order valence-electron chi connectivity index (χ0n) is 12.4. The van der Waals surface area contributed by atoms with Gasteiger partial charge >= 0.3 is 0 Å². The van der Waals surface area contributed by atoms with Gasteiger partial charge < -0.3 is 15.8 Å². The van der Waals surface area contributed by atoms with Crippen LogP contribution in [0.5, 0.6) is 5.75 Å². The van der Waals surface area contributed by atoms with Crippen molar-refractivity contribution in [1.29, 1.82) is 0 Å². The van der Waals surface area contributed by atoms with Crippen LogP contribution in [0, 0.1) is 11.7 Å². The summed E-state index contributed by atoms with van der Waals surface area (Å²) in [6.45, 7) is 2.27. The summed E-state index contributed by atoms with van der Waals surface area (Å²) < 4.78 is 18.2. The number of rotatable bonds is 8. The van der Waals surface area contributed by atoms with Gasteiger partial charge in [0.15, 0.2) is 5.96 Å². The van der Waals surface area contributed by atoms with Gasteiger partial charge in [0.25, 0.3) is 0 Å². The number of ether oxygens (including phenoxy) is 1. The maximum absolute atomic E-state index is 12.7. The molecule has 0 atom stereocenters. The van der Waals surface area contributed by atoms with Crippen LogP contribution in [-0.2, 0) is 0 Å². The Bertz CT molecular complexity index is 443. The van der Waals surface area contributed by atoms with Crippen molar-refractivity contribution in [1.82, 2.24) is 5.32 Å². The van der Waals surface area contributed by atoms with E-state index < -0.39 is 0 Å². The van der Waals surface area contributed by atoms with Crippen LogP contribution in [0.3, 0.4) is 0 Å². The maximum atomic E-state index is 12.7. The first-order valence-corrected chi connectivity index (χ1v) is 7.66. The van der Waals surface area contributed by atoms with E-state index in [1.807, 2.05) is 0 Å². The lowest BCUT2D eigenvalue weighted by molar-refractivity contribution is 0.306. The first kappa shape index (κ1) is 15.6. The second-order valence-electron chi connectivity index (χ2n) is 5.46. The van der Waals surface area contributed by atoms with Crippen LogP contribution in [0.15, 0.2) is 29.3 Å². The van der Waals surface area contributed by atoms with E-state index in [1.165, 1.54) is 31.4 Å². The van der Waals surface area contributed by atoms with Crippen LogP contribution in [0.25, 0.3) is 0 Å². The number of hydrogen-bond donors (Lipinski definition) is 2. The number of unbranched alkanes of at least 4 members (excludes halogenated alkanes) is 1. The van der Waals surface area contributed by atoms with Crippen molar-refractivity contribution in [3.8, 4) is 5.75 Å². The molecule has 1 aliphatic carbocycles. The quantitative estimate of drug-likeness (QED) is 0.440. The number of benzene rings is 1. The lowest BCUT2D eigenvalue weighted by Gasteiger charge is -2.23. The van der Waals surface area contributed by atoms with E-state index in [2.05, 4.69) is 10.3 Å². The largest absolute Gasteiger partial charge is 0.494 e. The number of hydrogen-bond acceptors (Lipinski definition) is 2. The Morgan fingerprint density at radius 1 is 1.29 bits per heavy atom. The van der Waals surface area contributed by atoms with E-state index in [0.717, 1.165) is 31.8 Å². The van der Waals surface area contributed by atoms with Gasteiger partial charge in [0, 0.05) is 13.1 Å². The molecule has 0 unspecified atom stereocenters. The number of halogens is 1.